The van der Waals surface area contributed by atoms with E-state index in [0.29, 0.717) is 11.5 Å². The van der Waals surface area contributed by atoms with Gasteiger partial charge in [-0.2, -0.15) is 0 Å². The summed E-state index contributed by atoms with van der Waals surface area (Å²) in [5.41, 5.74) is 8.05. The number of benzene rings is 1. The number of aromatic nitrogens is 1. The molecule has 2 aromatic rings. The summed E-state index contributed by atoms with van der Waals surface area (Å²) in [6.07, 6.45) is 1.45. The van der Waals surface area contributed by atoms with E-state index in [2.05, 4.69) is 20.9 Å². The number of fused-ring (bicyclic) bond motifs is 1. The van der Waals surface area contributed by atoms with E-state index >= 15 is 0 Å². The summed E-state index contributed by atoms with van der Waals surface area (Å²) in [4.78, 5) is 43.4. The Hall–Kier alpha value is -3.53. The smallest absolute Gasteiger partial charge is 0.242 e. The van der Waals surface area contributed by atoms with Crippen LogP contribution in [-0.2, 0) is 20.8 Å². The number of hydrogen-bond donors (Lipinski definition) is 4. The van der Waals surface area contributed by atoms with Crippen molar-refractivity contribution < 1.29 is 18.8 Å². The van der Waals surface area contributed by atoms with E-state index in [4.69, 9.17) is 5.73 Å². The quantitative estimate of drug-likeness (QED) is 0.533. The fraction of sp³-hybridized carbons (Fsp3) is 0.364. The molecular weight excluding hydrogens is 415 g/mol. The van der Waals surface area contributed by atoms with E-state index in [1.54, 1.807) is 13.0 Å². The summed E-state index contributed by atoms with van der Waals surface area (Å²) in [7, 11) is 0. The highest BCUT2D eigenvalue weighted by atomic mass is 19.1. The molecule has 1 unspecified atom stereocenters. The topological polar surface area (TPSA) is 129 Å². The summed E-state index contributed by atoms with van der Waals surface area (Å²) in [5.74, 6) is -0.886. The number of hydrogen-bond acceptors (Lipinski definition) is 6. The van der Waals surface area contributed by atoms with E-state index in [1.807, 2.05) is 6.07 Å². The third-order valence-corrected chi connectivity index (χ3v) is 5.77. The van der Waals surface area contributed by atoms with Gasteiger partial charge in [0.1, 0.15) is 23.7 Å². The van der Waals surface area contributed by atoms with Gasteiger partial charge in [-0.05, 0) is 55.7 Å². The zero-order chi connectivity index (χ0) is 22.8. The first-order chi connectivity index (χ1) is 15.3. The third kappa shape index (κ3) is 4.54. The number of pyridine rings is 1. The highest BCUT2D eigenvalue weighted by Crippen LogP contribution is 2.30. The van der Waals surface area contributed by atoms with Crippen molar-refractivity contribution in [3.05, 3.63) is 53.5 Å². The monoisotopic (exact) mass is 440 g/mol. The van der Waals surface area contributed by atoms with Crippen LogP contribution in [0.2, 0.25) is 0 Å². The molecular formula is C22H25FN6O3. The Labute approximate surface area is 184 Å². The molecule has 2 heterocycles. The van der Waals surface area contributed by atoms with E-state index in [9.17, 15) is 18.8 Å². The molecule has 1 aliphatic carbocycles. The van der Waals surface area contributed by atoms with Gasteiger partial charge in [0.25, 0.3) is 0 Å². The number of nitrogen functional groups attached to an aromatic ring is 1. The lowest BCUT2D eigenvalue weighted by atomic mass is 10.1. The number of rotatable bonds is 5. The second-order valence-electron chi connectivity index (χ2n) is 8.02. The van der Waals surface area contributed by atoms with E-state index in [1.165, 1.54) is 29.2 Å². The van der Waals surface area contributed by atoms with Crippen LogP contribution >= 0.6 is 0 Å². The zero-order valence-electron chi connectivity index (χ0n) is 17.6. The summed E-state index contributed by atoms with van der Waals surface area (Å²) < 4.78 is 13.2. The van der Waals surface area contributed by atoms with Gasteiger partial charge in [0.2, 0.25) is 17.7 Å². The van der Waals surface area contributed by atoms with Gasteiger partial charge in [0.15, 0.2) is 0 Å². The third-order valence-electron chi connectivity index (χ3n) is 5.77. The molecule has 9 nitrogen and oxygen atoms in total. The van der Waals surface area contributed by atoms with Crippen LogP contribution in [0.25, 0.3) is 0 Å². The largest absolute Gasteiger partial charge is 0.384 e. The van der Waals surface area contributed by atoms with Gasteiger partial charge in [0, 0.05) is 11.4 Å². The van der Waals surface area contributed by atoms with Gasteiger partial charge >= 0.3 is 0 Å². The van der Waals surface area contributed by atoms with E-state index in [-0.39, 0.29) is 30.9 Å². The number of nitrogens with zero attached hydrogens (tertiary/aromatic N) is 2. The molecule has 0 bridgehead atoms. The van der Waals surface area contributed by atoms with Gasteiger partial charge in [0.05, 0.1) is 19.1 Å². The molecule has 10 heteroatoms. The van der Waals surface area contributed by atoms with Crippen LogP contribution < -0.4 is 26.6 Å². The summed E-state index contributed by atoms with van der Waals surface area (Å²) in [6.45, 7) is 1.65. The van der Waals surface area contributed by atoms with E-state index in [0.717, 1.165) is 24.1 Å². The molecule has 0 radical (unpaired) electrons. The van der Waals surface area contributed by atoms with Crippen molar-refractivity contribution >= 4 is 29.2 Å². The maximum atomic E-state index is 13.2. The Morgan fingerprint density at radius 2 is 2.00 bits per heavy atom. The first-order valence-corrected chi connectivity index (χ1v) is 10.5. The van der Waals surface area contributed by atoms with E-state index < -0.39 is 23.8 Å². The molecule has 1 saturated heterocycles. The standard InChI is InChI=1S/C22H25FN6O3/c1-12(21(31)28-17-8-7-16-15(17)6-9-19(24)27-16)26-22(32)18-11-29(20(30)10-25-18)14-4-2-13(23)3-5-14/h2-6,9,12,17-18,25H,7-8,10-11H2,1H3,(H2,24,27)(H,26,32)(H,28,31)/t12-,17+,18?/m0/s1. The first kappa shape index (κ1) is 21.7. The molecule has 3 amide bonds. The molecule has 1 aromatic heterocycles. The number of amides is 3. The van der Waals surface area contributed by atoms with Gasteiger partial charge in [-0.25, -0.2) is 9.37 Å². The van der Waals surface area contributed by atoms with Crippen molar-refractivity contribution in [1.29, 1.82) is 0 Å². The maximum Gasteiger partial charge on any atom is 0.242 e. The number of aryl methyl sites for hydroxylation is 1. The maximum absolute atomic E-state index is 13.2. The molecule has 0 saturated carbocycles. The fourth-order valence-corrected chi connectivity index (χ4v) is 4.01. The predicted molar refractivity (Wildman–Crippen MR) is 116 cm³/mol. The normalized spacial score (nSPS) is 21.1. The molecule has 0 spiro atoms. The second kappa shape index (κ2) is 8.91. The Morgan fingerprint density at radius 3 is 2.75 bits per heavy atom. The Bertz CT molecular complexity index is 1040. The first-order valence-electron chi connectivity index (χ1n) is 10.5. The number of anilines is 2. The Morgan fingerprint density at radius 1 is 1.25 bits per heavy atom. The van der Waals surface area contributed by atoms with Crippen LogP contribution in [0.4, 0.5) is 15.9 Å². The Kier molecular flexibility index (Phi) is 6.04. The van der Waals surface area contributed by atoms with Crippen molar-refractivity contribution in [1.82, 2.24) is 20.9 Å². The average molecular weight is 440 g/mol. The minimum Gasteiger partial charge on any atom is -0.384 e. The number of piperazine rings is 1. The van der Waals surface area contributed by atoms with Crippen LogP contribution in [0.15, 0.2) is 36.4 Å². The minimum atomic E-state index is -0.771. The second-order valence-corrected chi connectivity index (χ2v) is 8.02. The van der Waals surface area contributed by atoms with Gasteiger partial charge in [-0.1, -0.05) is 6.07 Å². The zero-order valence-corrected chi connectivity index (χ0v) is 17.6. The molecule has 3 atom stereocenters. The van der Waals surface area contributed by atoms with Crippen LogP contribution in [0, 0.1) is 5.82 Å². The van der Waals surface area contributed by atoms with Crippen molar-refractivity contribution in [3.63, 3.8) is 0 Å². The lowest BCUT2D eigenvalue weighted by molar-refractivity contribution is -0.130. The number of nitrogens with two attached hydrogens (primary N) is 1. The summed E-state index contributed by atoms with van der Waals surface area (Å²) in [5, 5.41) is 8.55. The van der Waals surface area contributed by atoms with Crippen molar-refractivity contribution in [2.75, 3.05) is 23.7 Å². The Balaban J connectivity index is 1.34. The summed E-state index contributed by atoms with van der Waals surface area (Å²) in [6, 6.07) is 7.43. The molecule has 32 heavy (non-hydrogen) atoms. The average Bonchev–Trinajstić information content (AvgIpc) is 3.16. The predicted octanol–water partition coefficient (Wildman–Crippen LogP) is 0.416. The molecule has 168 valence electrons. The molecule has 1 fully saturated rings. The van der Waals surface area contributed by atoms with Crippen LogP contribution in [0.1, 0.15) is 30.6 Å². The SMILES string of the molecule is C[C@H](NC(=O)C1CN(c2ccc(F)cc2)C(=O)CN1)C(=O)N[C@@H]1CCc2nc(N)ccc21. The fourth-order valence-electron chi connectivity index (χ4n) is 4.01. The van der Waals surface area contributed by atoms with Crippen molar-refractivity contribution in [3.8, 4) is 0 Å². The lowest BCUT2D eigenvalue weighted by Crippen LogP contribution is -2.61. The van der Waals surface area contributed by atoms with Crippen molar-refractivity contribution in [2.45, 2.75) is 37.9 Å². The molecule has 4 rings (SSSR count). The molecule has 5 N–H and O–H groups in total. The number of carbonyl (C=O) groups excluding carboxylic acids is 3. The van der Waals surface area contributed by atoms with Crippen LogP contribution in [0.5, 0.6) is 0 Å². The lowest BCUT2D eigenvalue weighted by Gasteiger charge is -2.33. The number of carbonyl (C=O) groups is 3. The molecule has 1 aliphatic heterocycles. The van der Waals surface area contributed by atoms with Crippen LogP contribution in [0.3, 0.4) is 0 Å². The van der Waals surface area contributed by atoms with Gasteiger partial charge < -0.3 is 21.3 Å². The number of halogens is 1. The van der Waals surface area contributed by atoms with Gasteiger partial charge in [-0.15, -0.1) is 0 Å². The highest BCUT2D eigenvalue weighted by molar-refractivity contribution is 5.98. The van der Waals surface area contributed by atoms with Crippen LogP contribution in [-0.4, -0.2) is 47.9 Å². The molecule has 2 aliphatic rings. The van der Waals surface area contributed by atoms with Gasteiger partial charge in [-0.3, -0.25) is 19.7 Å². The number of nitrogens with one attached hydrogen (secondary N) is 3. The highest BCUT2D eigenvalue weighted by Gasteiger charge is 2.33. The summed E-state index contributed by atoms with van der Waals surface area (Å²) >= 11 is 0. The minimum absolute atomic E-state index is 0.0367. The molecule has 1 aromatic carbocycles. The van der Waals surface area contributed by atoms with Crippen molar-refractivity contribution in [2.24, 2.45) is 0 Å².